The number of pyridine rings is 1. The Morgan fingerprint density at radius 3 is 2.10 bits per heavy atom. The number of rotatable bonds is 18. The molecule has 7 aliphatic heterocycles. The summed E-state index contributed by atoms with van der Waals surface area (Å²) < 4.78 is 58.5. The van der Waals surface area contributed by atoms with E-state index in [0.29, 0.717) is 107 Å². The molecule has 7 aliphatic rings. The zero-order valence-electron chi connectivity index (χ0n) is 56.8. The second-order valence-corrected chi connectivity index (χ2v) is 35.2. The topological polar surface area (TPSA) is 175 Å². The summed E-state index contributed by atoms with van der Waals surface area (Å²) in [4.78, 5) is 79.2. The largest absolute Gasteiger partial charge is 0.468 e. The number of benzene rings is 3. The molecule has 2 bridgehead atoms. The second-order valence-electron chi connectivity index (χ2n) is 29.7. The van der Waals surface area contributed by atoms with Crippen LogP contribution in [0.1, 0.15) is 154 Å². The lowest BCUT2D eigenvalue weighted by atomic mass is 9.82. The van der Waals surface area contributed by atoms with Crippen molar-refractivity contribution in [3.8, 4) is 34.5 Å². The lowest BCUT2D eigenvalue weighted by Crippen LogP contribution is -2.57. The Balaban J connectivity index is 0.697. The van der Waals surface area contributed by atoms with E-state index in [2.05, 4.69) is 90.1 Å². The zero-order chi connectivity index (χ0) is 66.3. The highest BCUT2D eigenvalue weighted by Gasteiger charge is 2.46. The number of ether oxygens (including phenoxy) is 4. The molecule has 3 unspecified atom stereocenters. The first-order valence-corrected chi connectivity index (χ1v) is 36.9. The first-order chi connectivity index (χ1) is 45.0. The van der Waals surface area contributed by atoms with Crippen LogP contribution in [0.25, 0.3) is 32.9 Å². The number of methoxy groups -OCH3 is 1. The number of hydrogen-bond donors (Lipinski definition) is 1. The highest BCUT2D eigenvalue weighted by molar-refractivity contribution is 6.90. The molecule has 3 aromatic carbocycles. The van der Waals surface area contributed by atoms with Crippen molar-refractivity contribution in [1.29, 1.82) is 0 Å². The van der Waals surface area contributed by atoms with E-state index in [1.807, 2.05) is 31.7 Å². The fourth-order valence-corrected chi connectivity index (χ4v) is 22.0. The third kappa shape index (κ3) is 14.0. The molecule has 6 fully saturated rings. The van der Waals surface area contributed by atoms with Gasteiger partial charge in [0.25, 0.3) is 5.91 Å². The molecule has 0 spiro atoms. The van der Waals surface area contributed by atoms with Gasteiger partial charge in [-0.15, -0.1) is 5.54 Å². The molecule has 2 aromatic heterocycles. The summed E-state index contributed by atoms with van der Waals surface area (Å²) in [6.45, 7) is 28.4. The molecule has 0 radical (unpaired) electrons. The lowest BCUT2D eigenvalue weighted by Gasteiger charge is -2.42. The lowest BCUT2D eigenvalue weighted by molar-refractivity contribution is -0.136. The van der Waals surface area contributed by atoms with Crippen molar-refractivity contribution >= 4 is 65.1 Å². The fraction of sp³-hybridized carbons (Fsp3) is 0.603. The Hall–Kier alpha value is -6.99. The number of piperidine rings is 4. The van der Waals surface area contributed by atoms with Crippen LogP contribution in [-0.4, -0.2) is 176 Å². The highest BCUT2D eigenvalue weighted by Crippen LogP contribution is 2.44. The molecule has 6 saturated heterocycles. The van der Waals surface area contributed by atoms with Gasteiger partial charge >= 0.3 is 12.1 Å². The third-order valence-corrected chi connectivity index (χ3v) is 28.0. The van der Waals surface area contributed by atoms with Crippen LogP contribution < -0.4 is 24.6 Å². The number of imide groups is 1. The van der Waals surface area contributed by atoms with E-state index in [-0.39, 0.29) is 71.9 Å². The molecule has 0 saturated carbocycles. The molecule has 5 aromatic rings. The molecule has 1 N–H and O–H groups in total. The van der Waals surface area contributed by atoms with Crippen LogP contribution in [0.2, 0.25) is 16.6 Å². The smallest absolute Gasteiger partial charge is 0.410 e. The number of fused-ring (bicyclic) bond motifs is 5. The van der Waals surface area contributed by atoms with Gasteiger partial charge in [-0.2, -0.15) is 9.97 Å². The number of aromatic nitrogens is 3. The van der Waals surface area contributed by atoms with Crippen molar-refractivity contribution in [2.75, 3.05) is 95.8 Å². The van der Waals surface area contributed by atoms with Crippen molar-refractivity contribution < 1.29 is 46.9 Å². The minimum Gasteiger partial charge on any atom is -0.468 e. The van der Waals surface area contributed by atoms with Crippen LogP contribution in [0.3, 0.4) is 0 Å². The molecule has 9 heterocycles. The Labute approximate surface area is 554 Å². The summed E-state index contributed by atoms with van der Waals surface area (Å²) in [7, 11) is -0.822. The first kappa shape index (κ1) is 67.0. The Bertz CT molecular complexity index is 3680. The molecule has 0 aliphatic carbocycles. The first-order valence-electron chi connectivity index (χ1n) is 34.7. The van der Waals surface area contributed by atoms with E-state index in [4.69, 9.17) is 33.9 Å². The number of amides is 4. The van der Waals surface area contributed by atoms with Crippen molar-refractivity contribution in [1.82, 2.24) is 39.9 Å². The number of likely N-dealkylation sites (tertiary alicyclic amines) is 2. The number of piperazine rings is 1. The predicted octanol–water partition coefficient (Wildman–Crippen LogP) is 12.1. The van der Waals surface area contributed by atoms with Crippen LogP contribution >= 0.6 is 0 Å². The quantitative estimate of drug-likeness (QED) is 0.0379. The van der Waals surface area contributed by atoms with Crippen LogP contribution in [-0.2, 0) is 25.6 Å². The van der Waals surface area contributed by atoms with Gasteiger partial charge in [-0.3, -0.25) is 34.5 Å². The number of hydrogen-bond acceptors (Lipinski definition) is 15. The SMILES string of the molecule is COCOc1cc(-c2ncc3c(N4CC5CCC(C4)N5C(=O)OC(C)(C)C)nc(OCCN4CCC(CN5CCC(CC6CCN(c7ccc8c(c7)CN(C7CCC(=O)NC7=O)C8=O)CC6)CC5)CC4)nc3c2F)c2c(C#C[Si](C(C)C)(C(C)C)C(C)C)c(F)ccc2c1. The van der Waals surface area contributed by atoms with Gasteiger partial charge in [0, 0.05) is 87.7 Å². The average Bonchev–Trinajstić information content (AvgIpc) is 1.02. The van der Waals surface area contributed by atoms with Gasteiger partial charge in [-0.25, -0.2) is 13.6 Å². The van der Waals surface area contributed by atoms with E-state index in [9.17, 15) is 19.2 Å². The standard InChI is InChI=1S/C73H96F2N10O8Si/c1-45(2)94(46(3)4,47(5)6)34-25-58-61(74)16-11-51-37-56(92-44-90-10)38-59(64(51)58)66-65(75)67-60(39-76-66)68(83-42-54-12-13-55(43-83)85(54)72(89)93-73(7,8)9)79-71(78-67)91-33-32-80-26-21-50(22-27-80)40-81-28-19-48(20-29-81)35-49-23-30-82(31-24-49)53-14-15-57-52(36-53)41-84(70(57)88)62-17-18-63(86)77-69(62)87/h11,14-16,36-39,45-50,54-55,62H,12-13,17-24,26-33,35,40-44H2,1-10H3,(H,77,86,87). The maximum atomic E-state index is 18.2. The van der Waals surface area contributed by atoms with Gasteiger partial charge in [0.2, 0.25) is 11.8 Å². The third-order valence-electron chi connectivity index (χ3n) is 21.7. The Morgan fingerprint density at radius 1 is 0.766 bits per heavy atom. The minimum absolute atomic E-state index is 0.0146. The summed E-state index contributed by atoms with van der Waals surface area (Å²) in [6.07, 6.45) is 11.7. The number of anilines is 2. The Kier molecular flexibility index (Phi) is 20.0. The van der Waals surface area contributed by atoms with E-state index in [0.717, 1.165) is 102 Å². The molecular weight excluding hydrogens is 1210 g/mol. The molecule has 3 atom stereocenters. The Morgan fingerprint density at radius 2 is 1.44 bits per heavy atom. The molecule has 21 heteroatoms. The van der Waals surface area contributed by atoms with Crippen molar-refractivity contribution in [3.63, 3.8) is 0 Å². The maximum absolute atomic E-state index is 18.2. The summed E-state index contributed by atoms with van der Waals surface area (Å²) in [5, 5.41) is 3.83. The molecule has 504 valence electrons. The van der Waals surface area contributed by atoms with E-state index in [1.54, 1.807) is 29.3 Å². The van der Waals surface area contributed by atoms with Gasteiger partial charge < -0.3 is 38.5 Å². The number of carbonyl (C=O) groups excluding carboxylic acids is 4. The normalized spacial score (nSPS) is 21.5. The fourth-order valence-electron chi connectivity index (χ4n) is 16.8. The van der Waals surface area contributed by atoms with Gasteiger partial charge in [0.05, 0.1) is 23.0 Å². The molecule has 18 nitrogen and oxygen atoms in total. The number of carbonyl (C=O) groups is 4. The van der Waals surface area contributed by atoms with Gasteiger partial charge in [-0.1, -0.05) is 53.5 Å². The summed E-state index contributed by atoms with van der Waals surface area (Å²) in [5.74, 6) is 4.30. The van der Waals surface area contributed by atoms with Crippen LogP contribution in [0.15, 0.2) is 48.7 Å². The van der Waals surface area contributed by atoms with Gasteiger partial charge in [0.15, 0.2) is 12.6 Å². The van der Waals surface area contributed by atoms with Crippen molar-refractivity contribution in [3.05, 3.63) is 77.0 Å². The zero-order valence-corrected chi connectivity index (χ0v) is 57.8. The average molecular weight is 1310 g/mol. The van der Waals surface area contributed by atoms with E-state index in [1.165, 1.54) is 32.4 Å². The van der Waals surface area contributed by atoms with Gasteiger partial charge in [-0.05, 0) is 193 Å². The molecule has 12 rings (SSSR count). The van der Waals surface area contributed by atoms with Gasteiger partial charge in [0.1, 0.15) is 54.9 Å². The minimum atomic E-state index is -2.35. The second kappa shape index (κ2) is 28.0. The van der Waals surface area contributed by atoms with E-state index >= 15 is 8.78 Å². The van der Waals surface area contributed by atoms with E-state index < -0.39 is 31.4 Å². The summed E-state index contributed by atoms with van der Waals surface area (Å²) in [5.41, 5.74) is 7.16. The van der Waals surface area contributed by atoms with Crippen LogP contribution in [0, 0.1) is 40.9 Å². The predicted molar refractivity (Wildman–Crippen MR) is 364 cm³/mol. The summed E-state index contributed by atoms with van der Waals surface area (Å²) in [6, 6.07) is 11.8. The summed E-state index contributed by atoms with van der Waals surface area (Å²) >= 11 is 0. The molecule has 4 amide bonds. The highest BCUT2D eigenvalue weighted by atomic mass is 28.3. The molecule has 94 heavy (non-hydrogen) atoms. The van der Waals surface area contributed by atoms with Crippen LogP contribution in [0.4, 0.5) is 25.1 Å². The number of halogens is 2. The monoisotopic (exact) mass is 1310 g/mol. The molecular formula is C73H96F2N10O8Si. The number of nitrogens with one attached hydrogen (secondary N) is 1. The van der Waals surface area contributed by atoms with Crippen molar-refractivity contribution in [2.45, 2.75) is 180 Å². The van der Waals surface area contributed by atoms with Crippen LogP contribution in [0.5, 0.6) is 11.8 Å². The van der Waals surface area contributed by atoms with Crippen molar-refractivity contribution in [2.24, 2.45) is 17.8 Å². The maximum Gasteiger partial charge on any atom is 0.410 e. The number of nitrogens with zero attached hydrogens (tertiary/aromatic N) is 9.